The average molecular weight is 397 g/mol. The van der Waals surface area contributed by atoms with Gasteiger partial charge in [0.25, 0.3) is 0 Å². The van der Waals surface area contributed by atoms with Gasteiger partial charge in [-0.25, -0.2) is 9.78 Å². The molecule has 1 N–H and O–H groups in total. The molecule has 2 amide bonds. The Balaban J connectivity index is 1.70. The van der Waals surface area contributed by atoms with E-state index in [1.807, 2.05) is 0 Å². The number of rotatable bonds is 3. The maximum Gasteiger partial charge on any atom is 0.407 e. The molecule has 1 atom stereocenters. The molecule has 0 unspecified atom stereocenters. The summed E-state index contributed by atoms with van der Waals surface area (Å²) >= 11 is 6.26. The number of morpholine rings is 1. The quantitative estimate of drug-likeness (QED) is 0.843. The first-order valence-electron chi connectivity index (χ1n) is 9.01. The van der Waals surface area contributed by atoms with Crippen LogP contribution in [0.3, 0.4) is 0 Å². The van der Waals surface area contributed by atoms with E-state index in [0.29, 0.717) is 30.6 Å². The average Bonchev–Trinajstić information content (AvgIpc) is 2.93. The number of carbonyl (C=O) groups excluding carboxylic acids is 2. The van der Waals surface area contributed by atoms with E-state index in [4.69, 9.17) is 21.1 Å². The highest BCUT2D eigenvalue weighted by atomic mass is 35.5. The predicted octanol–water partition coefficient (Wildman–Crippen LogP) is 2.20. The first-order valence-corrected chi connectivity index (χ1v) is 9.39. The van der Waals surface area contributed by atoms with E-state index in [-0.39, 0.29) is 18.4 Å². The lowest BCUT2D eigenvalue weighted by Crippen LogP contribution is -2.40. The van der Waals surface area contributed by atoms with Gasteiger partial charge in [0, 0.05) is 31.1 Å². The third kappa shape index (κ3) is 5.23. The van der Waals surface area contributed by atoms with E-state index >= 15 is 0 Å². The van der Waals surface area contributed by atoms with E-state index in [9.17, 15) is 9.59 Å². The molecule has 0 radical (unpaired) electrons. The summed E-state index contributed by atoms with van der Waals surface area (Å²) in [6.07, 6.45) is -0.337. The van der Waals surface area contributed by atoms with Gasteiger partial charge in [-0.2, -0.15) is 0 Å². The highest BCUT2D eigenvalue weighted by molar-refractivity contribution is 6.31. The van der Waals surface area contributed by atoms with Crippen LogP contribution in [0.25, 0.3) is 0 Å². The fourth-order valence-electron chi connectivity index (χ4n) is 3.06. The van der Waals surface area contributed by atoms with Crippen molar-refractivity contribution >= 4 is 35.2 Å². The Morgan fingerprint density at radius 2 is 1.96 bits per heavy atom. The zero-order valence-electron chi connectivity index (χ0n) is 15.8. The summed E-state index contributed by atoms with van der Waals surface area (Å²) in [4.78, 5) is 32.7. The van der Waals surface area contributed by atoms with E-state index in [1.165, 1.54) is 0 Å². The van der Waals surface area contributed by atoms with Gasteiger partial charge in [-0.3, -0.25) is 9.69 Å². The lowest BCUT2D eigenvalue weighted by molar-refractivity contribution is -0.117. The first kappa shape index (κ1) is 19.7. The van der Waals surface area contributed by atoms with Gasteiger partial charge in [0.2, 0.25) is 5.91 Å². The third-order valence-corrected chi connectivity index (χ3v) is 4.44. The number of carbonyl (C=O) groups is 2. The van der Waals surface area contributed by atoms with Gasteiger partial charge < -0.3 is 19.7 Å². The van der Waals surface area contributed by atoms with Crippen LogP contribution < -0.4 is 15.1 Å². The number of halogens is 1. The maximum atomic E-state index is 12.5. The minimum Gasteiger partial charge on any atom is -0.444 e. The SMILES string of the molecule is CC(C)(C)OC(=O)N[C@H]1CC(=O)N(c2cc(Cl)cc(N3CCOCC3)n2)C1. The number of hydrogen-bond donors (Lipinski definition) is 1. The van der Waals surface area contributed by atoms with E-state index < -0.39 is 11.7 Å². The second-order valence-corrected chi connectivity index (χ2v) is 8.09. The smallest absolute Gasteiger partial charge is 0.407 e. The Bertz CT molecular complexity index is 716. The van der Waals surface area contributed by atoms with Crippen LogP contribution in [0.15, 0.2) is 12.1 Å². The lowest BCUT2D eigenvalue weighted by Gasteiger charge is -2.29. The number of alkyl carbamates (subject to hydrolysis) is 1. The summed E-state index contributed by atoms with van der Waals surface area (Å²) in [5, 5.41) is 3.26. The van der Waals surface area contributed by atoms with Crippen molar-refractivity contribution in [1.29, 1.82) is 0 Å². The number of hydrogen-bond acceptors (Lipinski definition) is 6. The Hall–Kier alpha value is -2.06. The summed E-state index contributed by atoms with van der Waals surface area (Å²) in [5.41, 5.74) is -0.589. The lowest BCUT2D eigenvalue weighted by atomic mass is 10.2. The van der Waals surface area contributed by atoms with Gasteiger partial charge in [-0.05, 0) is 32.9 Å². The van der Waals surface area contributed by atoms with Crippen molar-refractivity contribution in [1.82, 2.24) is 10.3 Å². The molecule has 27 heavy (non-hydrogen) atoms. The summed E-state index contributed by atoms with van der Waals surface area (Å²) in [6.45, 7) is 8.42. The largest absolute Gasteiger partial charge is 0.444 e. The number of nitrogens with one attached hydrogen (secondary N) is 1. The summed E-state index contributed by atoms with van der Waals surface area (Å²) in [5.74, 6) is 1.10. The standard InChI is InChI=1S/C18H25ClN4O4/c1-18(2,3)27-17(25)20-13-10-16(24)23(11-13)15-9-12(19)8-14(21-15)22-4-6-26-7-5-22/h8-9,13H,4-7,10-11H2,1-3H3,(H,20,25)/t13-/m0/s1. The van der Waals surface area contributed by atoms with Crippen molar-refractivity contribution in [2.75, 3.05) is 42.6 Å². The first-order chi connectivity index (χ1) is 12.7. The maximum absolute atomic E-state index is 12.5. The highest BCUT2D eigenvalue weighted by Crippen LogP contribution is 2.27. The number of nitrogens with zero attached hydrogens (tertiary/aromatic N) is 3. The molecule has 2 aliphatic rings. The van der Waals surface area contributed by atoms with Crippen LogP contribution in [-0.4, -0.2) is 61.5 Å². The number of amides is 2. The molecule has 2 aliphatic heterocycles. The fraction of sp³-hybridized carbons (Fsp3) is 0.611. The molecule has 8 nitrogen and oxygen atoms in total. The molecule has 2 saturated heterocycles. The van der Waals surface area contributed by atoms with E-state index in [1.54, 1.807) is 37.8 Å². The van der Waals surface area contributed by atoms with Crippen molar-refractivity contribution in [2.24, 2.45) is 0 Å². The van der Waals surface area contributed by atoms with Crippen molar-refractivity contribution in [2.45, 2.75) is 38.8 Å². The van der Waals surface area contributed by atoms with Gasteiger partial charge in [-0.1, -0.05) is 11.6 Å². The molecular weight excluding hydrogens is 372 g/mol. The summed E-state index contributed by atoms with van der Waals surface area (Å²) in [7, 11) is 0. The van der Waals surface area contributed by atoms with E-state index in [0.717, 1.165) is 18.9 Å². The number of pyridine rings is 1. The van der Waals surface area contributed by atoms with Crippen LogP contribution in [0.2, 0.25) is 5.02 Å². The Morgan fingerprint density at radius 3 is 2.63 bits per heavy atom. The number of aromatic nitrogens is 1. The molecule has 0 saturated carbocycles. The predicted molar refractivity (Wildman–Crippen MR) is 102 cm³/mol. The highest BCUT2D eigenvalue weighted by Gasteiger charge is 2.34. The Labute approximate surface area is 163 Å². The van der Waals surface area contributed by atoms with Gasteiger partial charge in [0.1, 0.15) is 17.2 Å². The minimum atomic E-state index is -0.589. The normalized spacial score (nSPS) is 20.7. The molecule has 148 valence electrons. The summed E-state index contributed by atoms with van der Waals surface area (Å²) < 4.78 is 10.6. The molecular formula is C18H25ClN4O4. The molecule has 0 spiro atoms. The Morgan fingerprint density at radius 1 is 1.30 bits per heavy atom. The van der Waals surface area contributed by atoms with Gasteiger partial charge in [0.15, 0.2) is 0 Å². The van der Waals surface area contributed by atoms with Crippen molar-refractivity contribution in [3.63, 3.8) is 0 Å². The zero-order chi connectivity index (χ0) is 19.6. The monoisotopic (exact) mass is 396 g/mol. The van der Waals surface area contributed by atoms with Gasteiger partial charge in [-0.15, -0.1) is 0 Å². The molecule has 0 bridgehead atoms. The minimum absolute atomic E-state index is 0.112. The molecule has 1 aromatic rings. The van der Waals surface area contributed by atoms with Crippen LogP contribution >= 0.6 is 11.6 Å². The van der Waals surface area contributed by atoms with Gasteiger partial charge in [0.05, 0.1) is 19.3 Å². The number of ether oxygens (including phenoxy) is 2. The summed E-state index contributed by atoms with van der Waals surface area (Å²) in [6, 6.07) is 3.12. The molecule has 2 fully saturated rings. The van der Waals surface area contributed by atoms with Crippen LogP contribution in [0.1, 0.15) is 27.2 Å². The molecule has 3 heterocycles. The van der Waals surface area contributed by atoms with Crippen molar-refractivity contribution < 1.29 is 19.1 Å². The topological polar surface area (TPSA) is 84.0 Å². The van der Waals surface area contributed by atoms with Gasteiger partial charge >= 0.3 is 6.09 Å². The molecule has 3 rings (SSSR count). The van der Waals surface area contributed by atoms with Crippen LogP contribution in [0.5, 0.6) is 0 Å². The van der Waals surface area contributed by atoms with Crippen LogP contribution in [0.4, 0.5) is 16.4 Å². The molecule has 9 heteroatoms. The fourth-order valence-corrected chi connectivity index (χ4v) is 3.26. The Kier molecular flexibility index (Phi) is 5.76. The third-order valence-electron chi connectivity index (χ3n) is 4.22. The second kappa shape index (κ2) is 7.90. The molecule has 0 aliphatic carbocycles. The van der Waals surface area contributed by atoms with Crippen molar-refractivity contribution in [3.05, 3.63) is 17.2 Å². The number of anilines is 2. The van der Waals surface area contributed by atoms with Crippen LogP contribution in [0, 0.1) is 0 Å². The zero-order valence-corrected chi connectivity index (χ0v) is 16.6. The molecule has 1 aromatic heterocycles. The second-order valence-electron chi connectivity index (χ2n) is 7.65. The van der Waals surface area contributed by atoms with Crippen LogP contribution in [-0.2, 0) is 14.3 Å². The molecule has 0 aromatic carbocycles. The van der Waals surface area contributed by atoms with Crippen molar-refractivity contribution in [3.8, 4) is 0 Å². The van der Waals surface area contributed by atoms with E-state index in [2.05, 4.69) is 15.2 Å².